The van der Waals surface area contributed by atoms with Crippen LogP contribution >= 0.6 is 12.4 Å². The highest BCUT2D eigenvalue weighted by Crippen LogP contribution is 2.19. The first kappa shape index (κ1) is 15.1. The molecule has 0 aromatic heterocycles. The first-order valence-electron chi connectivity index (χ1n) is 4.50. The number of benzene rings is 1. The van der Waals surface area contributed by atoms with Gasteiger partial charge in [0, 0.05) is 6.04 Å². The summed E-state index contributed by atoms with van der Waals surface area (Å²) in [6, 6.07) is 5.48. The van der Waals surface area contributed by atoms with Crippen LogP contribution in [0.25, 0.3) is 0 Å². The van der Waals surface area contributed by atoms with E-state index in [0.717, 1.165) is 0 Å². The topological polar surface area (TPSA) is 35.2 Å². The van der Waals surface area contributed by atoms with Gasteiger partial charge in [-0.15, -0.1) is 12.4 Å². The Morgan fingerprint density at radius 1 is 1.19 bits per heavy atom. The molecular formula is C10H13ClF3NO. The lowest BCUT2D eigenvalue weighted by molar-refractivity contribution is -0.0498. The Morgan fingerprint density at radius 2 is 1.75 bits per heavy atom. The lowest BCUT2D eigenvalue weighted by Gasteiger charge is -2.10. The van der Waals surface area contributed by atoms with Crippen molar-refractivity contribution in [1.82, 2.24) is 0 Å². The average molecular weight is 256 g/mol. The smallest absolute Gasteiger partial charge is 0.387 e. The fraction of sp³-hybridized carbons (Fsp3) is 0.400. The van der Waals surface area contributed by atoms with Gasteiger partial charge in [0.1, 0.15) is 5.75 Å². The second kappa shape index (κ2) is 7.35. The van der Waals surface area contributed by atoms with E-state index >= 15 is 0 Å². The fourth-order valence-electron chi connectivity index (χ4n) is 1.18. The van der Waals surface area contributed by atoms with E-state index in [-0.39, 0.29) is 24.6 Å². The van der Waals surface area contributed by atoms with E-state index in [9.17, 15) is 13.2 Å². The summed E-state index contributed by atoms with van der Waals surface area (Å²) in [4.78, 5) is 0. The zero-order chi connectivity index (χ0) is 11.3. The Balaban J connectivity index is 0.00000225. The minimum atomic E-state index is -2.84. The maximum Gasteiger partial charge on any atom is 0.387 e. The molecule has 1 atom stereocenters. The number of alkyl halides is 3. The average Bonchev–Trinajstić information content (AvgIpc) is 2.18. The first-order valence-corrected chi connectivity index (χ1v) is 4.50. The highest BCUT2D eigenvalue weighted by molar-refractivity contribution is 5.85. The Morgan fingerprint density at radius 3 is 2.19 bits per heavy atom. The molecule has 0 amide bonds. The van der Waals surface area contributed by atoms with Crippen LogP contribution in [-0.2, 0) is 0 Å². The Kier molecular flexibility index (Phi) is 6.92. The molecule has 0 aliphatic rings. The predicted octanol–water partition coefficient (Wildman–Crippen LogP) is 3.07. The van der Waals surface area contributed by atoms with Crippen molar-refractivity contribution in [1.29, 1.82) is 0 Å². The third-order valence-electron chi connectivity index (χ3n) is 1.95. The lowest BCUT2D eigenvalue weighted by Crippen LogP contribution is -2.11. The molecule has 0 saturated carbocycles. The summed E-state index contributed by atoms with van der Waals surface area (Å²) in [5.74, 6) is 0.0706. The van der Waals surface area contributed by atoms with E-state index in [1.54, 1.807) is 12.1 Å². The summed E-state index contributed by atoms with van der Waals surface area (Å²) in [6.07, 6.45) is 0.217. The van der Waals surface area contributed by atoms with Crippen LogP contribution in [-0.4, -0.2) is 13.3 Å². The number of ether oxygens (including phenoxy) is 1. The molecule has 1 aromatic carbocycles. The van der Waals surface area contributed by atoms with E-state index < -0.39 is 19.3 Å². The summed E-state index contributed by atoms with van der Waals surface area (Å²) >= 11 is 0. The Hall–Kier alpha value is -0.940. The fourth-order valence-corrected chi connectivity index (χ4v) is 1.18. The number of hydrogen-bond donors (Lipinski definition) is 1. The summed E-state index contributed by atoms with van der Waals surface area (Å²) in [7, 11) is 0. The van der Waals surface area contributed by atoms with Crippen molar-refractivity contribution < 1.29 is 17.9 Å². The summed E-state index contributed by atoms with van der Waals surface area (Å²) in [5, 5.41) is 0. The number of nitrogens with two attached hydrogens (primary N) is 1. The molecule has 0 unspecified atom stereocenters. The van der Waals surface area contributed by atoms with Crippen LogP contribution in [0.4, 0.5) is 13.2 Å². The van der Waals surface area contributed by atoms with Gasteiger partial charge in [-0.3, -0.25) is 4.39 Å². The van der Waals surface area contributed by atoms with Gasteiger partial charge in [-0.05, 0) is 24.1 Å². The van der Waals surface area contributed by atoms with Gasteiger partial charge >= 0.3 is 6.61 Å². The zero-order valence-electron chi connectivity index (χ0n) is 8.41. The third kappa shape index (κ3) is 4.72. The van der Waals surface area contributed by atoms with Crippen LogP contribution in [0.1, 0.15) is 18.0 Å². The van der Waals surface area contributed by atoms with Crippen molar-refractivity contribution >= 4 is 12.4 Å². The monoisotopic (exact) mass is 255 g/mol. The van der Waals surface area contributed by atoms with Crippen molar-refractivity contribution in [3.8, 4) is 5.75 Å². The molecule has 0 spiro atoms. The molecule has 16 heavy (non-hydrogen) atoms. The van der Waals surface area contributed by atoms with Crippen LogP contribution in [0.3, 0.4) is 0 Å². The van der Waals surface area contributed by atoms with E-state index in [0.29, 0.717) is 5.56 Å². The van der Waals surface area contributed by atoms with E-state index in [2.05, 4.69) is 4.74 Å². The van der Waals surface area contributed by atoms with Crippen LogP contribution in [0.15, 0.2) is 24.3 Å². The minimum absolute atomic E-state index is 0. The minimum Gasteiger partial charge on any atom is -0.435 e. The largest absolute Gasteiger partial charge is 0.435 e. The van der Waals surface area contributed by atoms with Gasteiger partial charge in [0.25, 0.3) is 0 Å². The normalized spacial score (nSPS) is 12.1. The van der Waals surface area contributed by atoms with E-state index in [1.807, 2.05) is 0 Å². The second-order valence-corrected chi connectivity index (χ2v) is 3.03. The van der Waals surface area contributed by atoms with Crippen molar-refractivity contribution in [2.75, 3.05) is 6.67 Å². The SMILES string of the molecule is Cl.N[C@@H](CCF)c1ccc(OC(F)F)cc1. The third-order valence-corrected chi connectivity index (χ3v) is 1.95. The highest BCUT2D eigenvalue weighted by Gasteiger charge is 2.07. The van der Waals surface area contributed by atoms with Gasteiger partial charge < -0.3 is 10.5 Å². The second-order valence-electron chi connectivity index (χ2n) is 3.03. The number of halogens is 4. The van der Waals surface area contributed by atoms with Crippen molar-refractivity contribution in [2.24, 2.45) is 5.73 Å². The first-order chi connectivity index (χ1) is 7.13. The molecule has 0 heterocycles. The quantitative estimate of drug-likeness (QED) is 0.878. The Bertz CT molecular complexity index is 295. The predicted molar refractivity (Wildman–Crippen MR) is 57.8 cm³/mol. The van der Waals surface area contributed by atoms with Crippen LogP contribution < -0.4 is 10.5 Å². The maximum absolute atomic E-state index is 12.0. The lowest BCUT2D eigenvalue weighted by atomic mass is 10.1. The van der Waals surface area contributed by atoms with Crippen molar-refractivity contribution in [2.45, 2.75) is 19.1 Å². The van der Waals surface area contributed by atoms with Crippen molar-refractivity contribution in [3.05, 3.63) is 29.8 Å². The molecule has 92 valence electrons. The van der Waals surface area contributed by atoms with Gasteiger partial charge in [-0.1, -0.05) is 12.1 Å². The molecule has 6 heteroatoms. The molecule has 2 N–H and O–H groups in total. The van der Waals surface area contributed by atoms with Crippen LogP contribution in [0, 0.1) is 0 Å². The summed E-state index contributed by atoms with van der Waals surface area (Å²) in [5.41, 5.74) is 6.33. The molecule has 0 radical (unpaired) electrons. The van der Waals surface area contributed by atoms with E-state index in [1.165, 1.54) is 12.1 Å². The van der Waals surface area contributed by atoms with E-state index in [4.69, 9.17) is 5.73 Å². The summed E-state index contributed by atoms with van der Waals surface area (Å²) < 4.78 is 39.7. The zero-order valence-corrected chi connectivity index (χ0v) is 9.22. The van der Waals surface area contributed by atoms with Gasteiger partial charge in [0.2, 0.25) is 0 Å². The molecular weight excluding hydrogens is 243 g/mol. The van der Waals surface area contributed by atoms with Crippen LogP contribution in [0.2, 0.25) is 0 Å². The van der Waals surface area contributed by atoms with Gasteiger partial charge in [-0.2, -0.15) is 8.78 Å². The molecule has 1 aromatic rings. The molecule has 1 rings (SSSR count). The molecule has 0 aliphatic carbocycles. The summed E-state index contributed by atoms with van der Waals surface area (Å²) in [6.45, 7) is -3.34. The van der Waals surface area contributed by atoms with Crippen molar-refractivity contribution in [3.63, 3.8) is 0 Å². The number of rotatable bonds is 5. The molecule has 0 bridgehead atoms. The van der Waals surface area contributed by atoms with Gasteiger partial charge in [-0.25, -0.2) is 0 Å². The molecule has 0 fully saturated rings. The van der Waals surface area contributed by atoms with Crippen LogP contribution in [0.5, 0.6) is 5.75 Å². The van der Waals surface area contributed by atoms with Gasteiger partial charge in [0.15, 0.2) is 0 Å². The maximum atomic E-state index is 12.0. The number of hydrogen-bond acceptors (Lipinski definition) is 2. The Labute approximate surface area is 98.0 Å². The standard InChI is InChI=1S/C10H12F3NO.ClH/c11-6-5-9(14)7-1-3-8(4-2-7)15-10(12)13;/h1-4,9-10H,5-6,14H2;1H/t9-;/m0./s1. The molecule has 2 nitrogen and oxygen atoms in total. The molecule has 0 aliphatic heterocycles. The highest BCUT2D eigenvalue weighted by atomic mass is 35.5. The molecule has 0 saturated heterocycles. The van der Waals surface area contributed by atoms with Gasteiger partial charge in [0.05, 0.1) is 6.67 Å².